The van der Waals surface area contributed by atoms with Gasteiger partial charge >= 0.3 is 0 Å². The van der Waals surface area contributed by atoms with Gasteiger partial charge in [0.1, 0.15) is 0 Å². The minimum absolute atomic E-state index is 0.0294. The van der Waals surface area contributed by atoms with Crippen LogP contribution in [-0.2, 0) is 6.42 Å². The Balaban J connectivity index is 2.92. The van der Waals surface area contributed by atoms with E-state index in [1.165, 1.54) is 11.1 Å². The van der Waals surface area contributed by atoms with Gasteiger partial charge in [0.25, 0.3) is 0 Å². The van der Waals surface area contributed by atoms with Crippen molar-refractivity contribution in [2.75, 3.05) is 0 Å². The van der Waals surface area contributed by atoms with Crippen LogP contribution in [0.15, 0.2) is 5.80 Å². The van der Waals surface area contributed by atoms with Crippen molar-refractivity contribution in [1.29, 1.82) is 0 Å². The van der Waals surface area contributed by atoms with Crippen molar-refractivity contribution in [3.05, 3.63) is 16.9 Å². The maximum atomic E-state index is 4.46. The van der Waals surface area contributed by atoms with Crippen molar-refractivity contribution in [3.63, 3.8) is 0 Å². The van der Waals surface area contributed by atoms with E-state index in [0.717, 1.165) is 14.4 Å². The molecule has 0 aliphatic rings. The van der Waals surface area contributed by atoms with Crippen LogP contribution in [0.2, 0.25) is 0 Å². The van der Waals surface area contributed by atoms with Gasteiger partial charge in [0.05, 0.1) is 5.43 Å². The van der Waals surface area contributed by atoms with E-state index in [2.05, 4.69) is 33.6 Å². The van der Waals surface area contributed by atoms with Crippen LogP contribution in [0.5, 0.6) is 0 Å². The predicted octanol–water partition coefficient (Wildman–Crippen LogP) is 3.17. The Kier molecular flexibility index (Phi) is 3.31. The molecular weight excluding hydrogens is 179 g/mol. The minimum atomic E-state index is 0.0294. The van der Waals surface area contributed by atoms with Crippen LogP contribution < -0.4 is 0 Å². The molecule has 56 valence electrons. The highest BCUT2D eigenvalue weighted by molar-refractivity contribution is 8.41. The zero-order chi connectivity index (χ0) is 7.56. The molecule has 1 aromatic rings. The summed E-state index contributed by atoms with van der Waals surface area (Å²) in [5.74, 6) is 2.34. The second-order valence-electron chi connectivity index (χ2n) is 2.13. The molecule has 1 heterocycles. The van der Waals surface area contributed by atoms with Gasteiger partial charge in [0.15, 0.2) is 0 Å². The van der Waals surface area contributed by atoms with Gasteiger partial charge in [-0.2, -0.15) is 0 Å². The summed E-state index contributed by atoms with van der Waals surface area (Å²) in [7, 11) is 3.80. The number of hydrogen-bond acceptors (Lipinski definition) is 1. The van der Waals surface area contributed by atoms with Gasteiger partial charge in [-0.05, 0) is 19.1 Å². The molecule has 0 aromatic carbocycles. The quantitative estimate of drug-likeness (QED) is 0.654. The van der Waals surface area contributed by atoms with Crippen LogP contribution in [0.3, 0.4) is 0 Å². The molecule has 3 atom stereocenters. The second-order valence-corrected chi connectivity index (χ2v) is 8.58. The molecule has 10 heavy (non-hydrogen) atoms. The average Bonchev–Trinajstić information content (AvgIpc) is 2.30. The Labute approximate surface area is 66.9 Å². The van der Waals surface area contributed by atoms with Gasteiger partial charge in [-0.3, -0.25) is 4.98 Å². The van der Waals surface area contributed by atoms with Crippen molar-refractivity contribution < 1.29 is 0 Å². The third kappa shape index (κ3) is 1.79. The van der Waals surface area contributed by atoms with Gasteiger partial charge in [-0.25, -0.2) is 0 Å². The van der Waals surface area contributed by atoms with Crippen LogP contribution in [0.25, 0.3) is 0 Å². The van der Waals surface area contributed by atoms with Crippen LogP contribution in [-0.4, -0.2) is 4.98 Å². The van der Waals surface area contributed by atoms with Gasteiger partial charge in [0.2, 0.25) is 0 Å². The van der Waals surface area contributed by atoms with Crippen LogP contribution >= 0.6 is 24.1 Å². The zero-order valence-corrected chi connectivity index (χ0v) is 9.31. The molecule has 0 saturated carbocycles. The lowest BCUT2D eigenvalue weighted by Crippen LogP contribution is -1.76. The first kappa shape index (κ1) is 8.66. The molecule has 0 radical (unpaired) electrons. The number of rotatable bonds is 2. The number of hydrogen-bond donors (Lipinski definition) is 0. The Morgan fingerprint density at radius 2 is 2.50 bits per heavy atom. The van der Waals surface area contributed by atoms with Crippen molar-refractivity contribution >= 4 is 24.1 Å². The predicted molar refractivity (Wildman–Crippen MR) is 54.5 cm³/mol. The van der Waals surface area contributed by atoms with E-state index < -0.39 is 0 Å². The maximum absolute atomic E-state index is 4.46. The summed E-state index contributed by atoms with van der Waals surface area (Å²) in [6.07, 6.45) is 1.09. The Morgan fingerprint density at radius 1 is 1.80 bits per heavy atom. The van der Waals surface area contributed by atoms with Gasteiger partial charge < -0.3 is 0 Å². The Hall–Kier alpha value is 0.570. The van der Waals surface area contributed by atoms with Crippen LogP contribution in [0.1, 0.15) is 18.0 Å². The lowest BCUT2D eigenvalue weighted by atomic mass is 10.4. The molecule has 0 N–H and O–H groups in total. The maximum Gasteiger partial charge on any atom is 0.0606 e. The smallest absolute Gasteiger partial charge is 0.0606 e. The molecule has 1 nitrogen and oxygen atoms in total. The van der Waals surface area contributed by atoms with E-state index >= 15 is 0 Å². The van der Waals surface area contributed by atoms with Crippen LogP contribution in [0.4, 0.5) is 0 Å². The Bertz CT molecular complexity index is 219. The minimum Gasteiger partial charge on any atom is -0.253 e. The first-order chi connectivity index (χ1) is 4.77. The number of nitrogens with zero attached hydrogens (tertiary/aromatic N) is 1. The van der Waals surface area contributed by atoms with E-state index in [1.54, 1.807) is 0 Å². The normalized spacial score (nSPS) is 13.3. The largest absolute Gasteiger partial charge is 0.253 e. The monoisotopic (exact) mass is 191 g/mol. The lowest BCUT2D eigenvalue weighted by molar-refractivity contribution is 1.04. The third-order valence-corrected chi connectivity index (χ3v) is 7.76. The zero-order valence-electron chi connectivity index (χ0n) is 6.26. The van der Waals surface area contributed by atoms with Crippen LogP contribution in [0, 0.1) is 6.92 Å². The molecule has 0 aliphatic heterocycles. The molecule has 0 spiro atoms. The molecule has 3 unspecified atom stereocenters. The molecular formula is C6H12NP3. The lowest BCUT2D eigenvalue weighted by Gasteiger charge is -1.88. The second kappa shape index (κ2) is 3.82. The molecule has 0 amide bonds. The van der Waals surface area contributed by atoms with Crippen molar-refractivity contribution in [2.24, 2.45) is 0 Å². The molecule has 0 bridgehead atoms. The molecule has 0 aliphatic carbocycles. The standard InChI is InChI=1S/C6H12NP3/c1-3-6-4-10(9-8)5(2)7-6/h4,9H,3,8H2,1-2H3. The van der Waals surface area contributed by atoms with Crippen molar-refractivity contribution in [1.82, 2.24) is 4.98 Å². The first-order valence-corrected chi connectivity index (χ1v) is 8.35. The summed E-state index contributed by atoms with van der Waals surface area (Å²) < 4.78 is 0. The summed E-state index contributed by atoms with van der Waals surface area (Å²) in [5.41, 5.74) is 2.64. The summed E-state index contributed by atoms with van der Waals surface area (Å²) in [4.78, 5) is 4.46. The highest BCUT2D eigenvalue weighted by Crippen LogP contribution is 2.55. The van der Waals surface area contributed by atoms with E-state index in [-0.39, 0.29) is 7.22 Å². The fraction of sp³-hybridized carbons (Fsp3) is 0.500. The molecule has 1 rings (SSSR count). The SMILES string of the molecule is CCc1cp(PP)c(C)n1. The van der Waals surface area contributed by atoms with E-state index in [4.69, 9.17) is 0 Å². The first-order valence-electron chi connectivity index (χ1n) is 3.29. The third-order valence-electron chi connectivity index (χ3n) is 1.43. The average molecular weight is 191 g/mol. The summed E-state index contributed by atoms with van der Waals surface area (Å²) in [6, 6.07) is 0. The molecule has 0 fully saturated rings. The summed E-state index contributed by atoms with van der Waals surface area (Å²) in [6.45, 7) is 4.30. The molecule has 1 aromatic heterocycles. The summed E-state index contributed by atoms with van der Waals surface area (Å²) in [5, 5.41) is 0. The van der Waals surface area contributed by atoms with Gasteiger partial charge in [-0.15, -0.1) is 8.93 Å². The fourth-order valence-electron chi connectivity index (χ4n) is 0.834. The number of aromatic nitrogens is 1. The fourth-order valence-corrected chi connectivity index (χ4v) is 5.79. The number of aryl methyl sites for hydroxylation is 2. The van der Waals surface area contributed by atoms with Gasteiger partial charge in [0, 0.05) is 5.69 Å². The summed E-state index contributed by atoms with van der Waals surface area (Å²) >= 11 is 0. The molecule has 4 heteroatoms. The van der Waals surface area contributed by atoms with Crippen molar-refractivity contribution in [3.8, 4) is 0 Å². The van der Waals surface area contributed by atoms with E-state index in [0.29, 0.717) is 0 Å². The topological polar surface area (TPSA) is 12.9 Å². The molecule has 0 saturated heterocycles. The highest BCUT2D eigenvalue weighted by atomic mass is 32.4. The Morgan fingerprint density at radius 3 is 2.80 bits per heavy atom. The van der Waals surface area contributed by atoms with Crippen molar-refractivity contribution in [2.45, 2.75) is 20.3 Å². The van der Waals surface area contributed by atoms with Gasteiger partial charge in [-0.1, -0.05) is 22.1 Å². The highest BCUT2D eigenvalue weighted by Gasteiger charge is 2.00. The van der Waals surface area contributed by atoms with E-state index in [9.17, 15) is 0 Å². The van der Waals surface area contributed by atoms with E-state index in [1.807, 2.05) is 0 Å².